The lowest BCUT2D eigenvalue weighted by atomic mass is 10.1. The number of aryl methyl sites for hydroxylation is 1. The summed E-state index contributed by atoms with van der Waals surface area (Å²) >= 11 is 6.59. The molecule has 0 saturated carbocycles. The first kappa shape index (κ1) is 16.8. The van der Waals surface area contributed by atoms with Crippen molar-refractivity contribution in [3.63, 3.8) is 0 Å². The van der Waals surface area contributed by atoms with Crippen LogP contribution in [-0.2, 0) is 10.0 Å². The zero-order valence-electron chi connectivity index (χ0n) is 11.3. The molecule has 6 nitrogen and oxygen atoms in total. The Morgan fingerprint density at radius 1 is 1.53 bits per heavy atom. The number of hydrogen-bond acceptors (Lipinski definition) is 6. The van der Waals surface area contributed by atoms with Gasteiger partial charge in [-0.1, -0.05) is 22.9 Å². The molecule has 1 rings (SSSR count). The van der Waals surface area contributed by atoms with Crippen LogP contribution in [0.4, 0.5) is 0 Å². The lowest BCUT2D eigenvalue weighted by Crippen LogP contribution is -2.47. The van der Waals surface area contributed by atoms with Gasteiger partial charge in [0, 0.05) is 13.1 Å². The molecule has 1 aromatic heterocycles. The molecule has 0 fully saturated rings. The lowest BCUT2D eigenvalue weighted by Gasteiger charge is -2.26. The van der Waals surface area contributed by atoms with Crippen LogP contribution in [0.5, 0.6) is 0 Å². The SMILES string of the molecule is Cc1nc(Cl)sc1S(=O)(=O)NCC(C)(O)CN(C)C. The third-order valence-corrected chi connectivity index (χ3v) is 5.54. The summed E-state index contributed by atoms with van der Waals surface area (Å²) in [6.07, 6.45) is 0. The summed E-state index contributed by atoms with van der Waals surface area (Å²) in [6, 6.07) is 0. The Morgan fingerprint density at radius 3 is 2.53 bits per heavy atom. The Morgan fingerprint density at radius 2 is 2.11 bits per heavy atom. The second-order valence-electron chi connectivity index (χ2n) is 4.90. The minimum absolute atomic E-state index is 0.0809. The average Bonchev–Trinajstić information content (AvgIpc) is 2.54. The second-order valence-corrected chi connectivity index (χ2v) is 8.44. The van der Waals surface area contributed by atoms with Crippen LogP contribution in [0.2, 0.25) is 4.47 Å². The Hall–Kier alpha value is -0.250. The van der Waals surface area contributed by atoms with E-state index in [4.69, 9.17) is 11.6 Å². The highest BCUT2D eigenvalue weighted by Crippen LogP contribution is 2.26. The summed E-state index contributed by atoms with van der Waals surface area (Å²) in [5.74, 6) is 0. The summed E-state index contributed by atoms with van der Waals surface area (Å²) in [5, 5.41) is 10.1. The highest BCUT2D eigenvalue weighted by molar-refractivity contribution is 7.91. The Balaban J connectivity index is 2.79. The summed E-state index contributed by atoms with van der Waals surface area (Å²) in [5.41, 5.74) is -0.798. The topological polar surface area (TPSA) is 82.5 Å². The quantitative estimate of drug-likeness (QED) is 0.803. The largest absolute Gasteiger partial charge is 0.387 e. The maximum Gasteiger partial charge on any atom is 0.252 e. The van der Waals surface area contributed by atoms with E-state index in [0.29, 0.717) is 12.2 Å². The third-order valence-electron chi connectivity index (χ3n) is 2.27. The molecule has 1 atom stereocenters. The first-order chi connectivity index (χ1) is 8.53. The van der Waals surface area contributed by atoms with Crippen molar-refractivity contribution in [1.82, 2.24) is 14.6 Å². The van der Waals surface area contributed by atoms with E-state index in [1.807, 2.05) is 0 Å². The van der Waals surface area contributed by atoms with Crippen LogP contribution >= 0.6 is 22.9 Å². The van der Waals surface area contributed by atoms with Crippen molar-refractivity contribution in [3.05, 3.63) is 10.2 Å². The second kappa shape index (κ2) is 6.02. The molecule has 0 aromatic carbocycles. The number of likely N-dealkylation sites (N-methyl/N-ethyl adjacent to an activating group) is 1. The normalized spacial score (nSPS) is 15.7. The molecule has 110 valence electrons. The number of halogens is 1. The van der Waals surface area contributed by atoms with Crippen molar-refractivity contribution in [2.45, 2.75) is 23.7 Å². The molecule has 0 aliphatic carbocycles. The van der Waals surface area contributed by atoms with Gasteiger partial charge < -0.3 is 10.0 Å². The summed E-state index contributed by atoms with van der Waals surface area (Å²) in [4.78, 5) is 5.65. The van der Waals surface area contributed by atoms with Crippen molar-refractivity contribution < 1.29 is 13.5 Å². The van der Waals surface area contributed by atoms with E-state index >= 15 is 0 Å². The zero-order chi connectivity index (χ0) is 14.8. The number of thiazole rings is 1. The van der Waals surface area contributed by atoms with Gasteiger partial charge in [0.05, 0.1) is 11.3 Å². The highest BCUT2D eigenvalue weighted by Gasteiger charge is 2.27. The highest BCUT2D eigenvalue weighted by atomic mass is 35.5. The molecule has 2 N–H and O–H groups in total. The number of nitrogens with one attached hydrogen (secondary N) is 1. The molecule has 1 unspecified atom stereocenters. The summed E-state index contributed by atoms with van der Waals surface area (Å²) in [6.45, 7) is 3.41. The molecule has 0 aliphatic heterocycles. The van der Waals surface area contributed by atoms with Crippen molar-refractivity contribution >= 4 is 33.0 Å². The molecule has 1 heterocycles. The van der Waals surface area contributed by atoms with Gasteiger partial charge in [0.2, 0.25) is 0 Å². The van der Waals surface area contributed by atoms with Gasteiger partial charge in [-0.15, -0.1) is 0 Å². The standard InChI is InChI=1S/C10H18ClN3O3S2/c1-7-8(18-9(11)13-7)19(16,17)12-5-10(2,15)6-14(3)4/h12,15H,5-6H2,1-4H3. The predicted octanol–water partition coefficient (Wildman–Crippen LogP) is 0.696. The third kappa shape index (κ3) is 4.97. The molecule has 0 saturated heterocycles. The fourth-order valence-electron chi connectivity index (χ4n) is 1.65. The minimum Gasteiger partial charge on any atom is -0.387 e. The van der Waals surface area contributed by atoms with E-state index in [0.717, 1.165) is 11.3 Å². The Bertz CT molecular complexity index is 540. The maximum atomic E-state index is 12.1. The summed E-state index contributed by atoms with van der Waals surface area (Å²) < 4.78 is 26.8. The maximum absolute atomic E-state index is 12.1. The number of sulfonamides is 1. The molecule has 0 bridgehead atoms. The molecule has 9 heteroatoms. The monoisotopic (exact) mass is 327 g/mol. The van der Waals surface area contributed by atoms with Gasteiger partial charge in [0.1, 0.15) is 0 Å². The molecular weight excluding hydrogens is 310 g/mol. The number of hydrogen-bond donors (Lipinski definition) is 2. The molecular formula is C10H18ClN3O3S2. The fourth-order valence-corrected chi connectivity index (χ4v) is 4.60. The van der Waals surface area contributed by atoms with E-state index in [-0.39, 0.29) is 15.2 Å². The van der Waals surface area contributed by atoms with E-state index in [1.54, 1.807) is 32.8 Å². The van der Waals surface area contributed by atoms with Crippen LogP contribution in [0.1, 0.15) is 12.6 Å². The van der Waals surface area contributed by atoms with Crippen LogP contribution in [0, 0.1) is 6.92 Å². The van der Waals surface area contributed by atoms with Gasteiger partial charge in [-0.3, -0.25) is 0 Å². The Kier molecular flexibility index (Phi) is 5.33. The predicted molar refractivity (Wildman–Crippen MR) is 76.2 cm³/mol. The fraction of sp³-hybridized carbons (Fsp3) is 0.700. The van der Waals surface area contributed by atoms with Gasteiger partial charge in [-0.25, -0.2) is 18.1 Å². The first-order valence-electron chi connectivity index (χ1n) is 5.53. The van der Waals surface area contributed by atoms with Crippen molar-refractivity contribution in [3.8, 4) is 0 Å². The molecule has 19 heavy (non-hydrogen) atoms. The smallest absolute Gasteiger partial charge is 0.252 e. The van der Waals surface area contributed by atoms with Crippen LogP contribution in [0.25, 0.3) is 0 Å². The van der Waals surface area contributed by atoms with Gasteiger partial charge in [-0.05, 0) is 27.9 Å². The number of aromatic nitrogens is 1. The van der Waals surface area contributed by atoms with Gasteiger partial charge >= 0.3 is 0 Å². The summed E-state index contributed by atoms with van der Waals surface area (Å²) in [7, 11) is -0.0927. The van der Waals surface area contributed by atoms with Crippen LogP contribution in [-0.4, -0.2) is 56.2 Å². The van der Waals surface area contributed by atoms with Crippen LogP contribution in [0.3, 0.4) is 0 Å². The van der Waals surface area contributed by atoms with Crippen molar-refractivity contribution in [2.75, 3.05) is 27.2 Å². The van der Waals surface area contributed by atoms with E-state index in [2.05, 4.69) is 9.71 Å². The molecule has 0 spiro atoms. The van der Waals surface area contributed by atoms with Gasteiger partial charge in [0.25, 0.3) is 10.0 Å². The minimum atomic E-state index is -3.70. The van der Waals surface area contributed by atoms with E-state index in [1.165, 1.54) is 0 Å². The van der Waals surface area contributed by atoms with E-state index < -0.39 is 15.6 Å². The molecule has 0 amide bonds. The molecule has 0 radical (unpaired) electrons. The van der Waals surface area contributed by atoms with Crippen LogP contribution < -0.4 is 4.72 Å². The number of aliphatic hydroxyl groups is 1. The van der Waals surface area contributed by atoms with Crippen LogP contribution in [0.15, 0.2) is 4.21 Å². The number of nitrogens with zero attached hydrogens (tertiary/aromatic N) is 2. The molecule has 1 aromatic rings. The van der Waals surface area contributed by atoms with Gasteiger partial charge in [0.15, 0.2) is 8.68 Å². The average molecular weight is 328 g/mol. The van der Waals surface area contributed by atoms with E-state index in [9.17, 15) is 13.5 Å². The van der Waals surface area contributed by atoms with Gasteiger partial charge in [-0.2, -0.15) is 0 Å². The molecule has 0 aliphatic rings. The number of rotatable bonds is 6. The first-order valence-corrected chi connectivity index (χ1v) is 8.21. The van der Waals surface area contributed by atoms with Crippen molar-refractivity contribution in [2.24, 2.45) is 0 Å². The Labute approximate surface area is 122 Å². The zero-order valence-corrected chi connectivity index (χ0v) is 13.7. The van der Waals surface area contributed by atoms with Crippen molar-refractivity contribution in [1.29, 1.82) is 0 Å². The lowest BCUT2D eigenvalue weighted by molar-refractivity contribution is 0.0386.